The Bertz CT molecular complexity index is 735. The number of fused-ring (bicyclic) bond motifs is 1. The van der Waals surface area contributed by atoms with Crippen molar-refractivity contribution in [3.63, 3.8) is 0 Å². The molecule has 0 unspecified atom stereocenters. The second-order valence-electron chi connectivity index (χ2n) is 7.95. The van der Waals surface area contributed by atoms with Crippen molar-refractivity contribution >= 4 is 5.91 Å². The lowest BCUT2D eigenvalue weighted by molar-refractivity contribution is -0.314. The summed E-state index contributed by atoms with van der Waals surface area (Å²) in [5, 5.41) is 10.9. The molecule has 2 atom stereocenters. The Balaban J connectivity index is 1.97. The number of amides is 1. The van der Waals surface area contributed by atoms with Crippen molar-refractivity contribution in [3.05, 3.63) is 47.2 Å². The van der Waals surface area contributed by atoms with Crippen molar-refractivity contribution in [2.45, 2.75) is 57.3 Å². The molecule has 2 N–H and O–H groups in total. The zero-order valence-electron chi connectivity index (χ0n) is 15.0. The van der Waals surface area contributed by atoms with Gasteiger partial charge in [-0.25, -0.2) is 5.01 Å². The van der Waals surface area contributed by atoms with Crippen molar-refractivity contribution in [3.8, 4) is 0 Å². The van der Waals surface area contributed by atoms with Crippen LogP contribution in [0.2, 0.25) is 0 Å². The highest BCUT2D eigenvalue weighted by Crippen LogP contribution is 2.49. The molecule has 0 radical (unpaired) electrons. The molecular weight excluding hydrogens is 345 g/mol. The Morgan fingerprint density at radius 1 is 1.23 bits per heavy atom. The van der Waals surface area contributed by atoms with Crippen molar-refractivity contribution in [2.75, 3.05) is 0 Å². The third kappa shape index (κ3) is 2.88. The fourth-order valence-corrected chi connectivity index (χ4v) is 3.56. The van der Waals surface area contributed by atoms with Gasteiger partial charge in [0, 0.05) is 11.3 Å². The molecule has 1 saturated heterocycles. The van der Waals surface area contributed by atoms with Crippen LogP contribution in [0.15, 0.2) is 36.0 Å². The number of halogens is 3. The maximum Gasteiger partial charge on any atom is 0.439 e. The number of nitrogens with one attached hydrogen (secondary N) is 1. The minimum Gasteiger partial charge on any atom is -0.362 e. The van der Waals surface area contributed by atoms with Gasteiger partial charge in [-0.3, -0.25) is 10.2 Å². The quantitative estimate of drug-likeness (QED) is 0.791. The first-order valence-corrected chi connectivity index (χ1v) is 8.67. The predicted octanol–water partition coefficient (Wildman–Crippen LogP) is 3.88. The summed E-state index contributed by atoms with van der Waals surface area (Å²) in [6.07, 6.45) is -2.02. The van der Waals surface area contributed by atoms with Gasteiger partial charge in [-0.1, -0.05) is 39.0 Å². The highest BCUT2D eigenvalue weighted by Gasteiger charge is 2.68. The molecule has 4 nitrogen and oxygen atoms in total. The third-order valence-corrected chi connectivity index (χ3v) is 5.12. The molecule has 2 aliphatic rings. The maximum atomic E-state index is 13.8. The SMILES string of the molecule is CC(C)(C)c1ccc(C(=O)N2NC3=CCCC[C@@H]3[C@]2(O)C(F)(F)F)cc1. The van der Waals surface area contributed by atoms with E-state index in [1.807, 2.05) is 20.8 Å². The number of benzene rings is 1. The zero-order valence-corrected chi connectivity index (χ0v) is 15.0. The van der Waals surface area contributed by atoms with Gasteiger partial charge in [-0.05, 0) is 42.4 Å². The smallest absolute Gasteiger partial charge is 0.362 e. The van der Waals surface area contributed by atoms with Crippen LogP contribution in [0.5, 0.6) is 0 Å². The monoisotopic (exact) mass is 368 g/mol. The predicted molar refractivity (Wildman–Crippen MR) is 90.9 cm³/mol. The van der Waals surface area contributed by atoms with Crippen molar-refractivity contribution < 1.29 is 23.1 Å². The molecule has 142 valence electrons. The van der Waals surface area contributed by atoms with Gasteiger partial charge < -0.3 is 5.11 Å². The van der Waals surface area contributed by atoms with Crippen LogP contribution >= 0.6 is 0 Å². The van der Waals surface area contributed by atoms with E-state index in [2.05, 4.69) is 5.43 Å². The van der Waals surface area contributed by atoms with Crippen molar-refractivity contribution in [2.24, 2.45) is 5.92 Å². The van der Waals surface area contributed by atoms with E-state index in [4.69, 9.17) is 0 Å². The van der Waals surface area contributed by atoms with Crippen LogP contribution in [0.4, 0.5) is 13.2 Å². The van der Waals surface area contributed by atoms with E-state index < -0.39 is 23.7 Å². The largest absolute Gasteiger partial charge is 0.439 e. The normalized spacial score (nSPS) is 26.2. The number of hydrazine groups is 1. The molecule has 7 heteroatoms. The van der Waals surface area contributed by atoms with E-state index in [0.717, 1.165) is 5.56 Å². The summed E-state index contributed by atoms with van der Waals surface area (Å²) >= 11 is 0. The molecule has 0 spiro atoms. The highest BCUT2D eigenvalue weighted by atomic mass is 19.4. The number of hydrogen-bond acceptors (Lipinski definition) is 3. The van der Waals surface area contributed by atoms with Gasteiger partial charge in [0.25, 0.3) is 11.6 Å². The molecule has 3 rings (SSSR count). The number of rotatable bonds is 1. The first-order chi connectivity index (χ1) is 12.0. The lowest BCUT2D eigenvalue weighted by Gasteiger charge is -2.37. The zero-order chi connectivity index (χ0) is 19.3. The topological polar surface area (TPSA) is 52.6 Å². The van der Waals surface area contributed by atoms with Gasteiger partial charge in [0.2, 0.25) is 0 Å². The number of carbonyl (C=O) groups is 1. The van der Waals surface area contributed by atoms with Crippen LogP contribution in [0, 0.1) is 5.92 Å². The van der Waals surface area contributed by atoms with E-state index in [0.29, 0.717) is 17.9 Å². The Kier molecular flexibility index (Phi) is 4.34. The number of aliphatic hydroxyl groups is 1. The summed E-state index contributed by atoms with van der Waals surface area (Å²) in [4.78, 5) is 12.8. The Morgan fingerprint density at radius 3 is 2.38 bits per heavy atom. The molecule has 26 heavy (non-hydrogen) atoms. The third-order valence-electron chi connectivity index (χ3n) is 5.12. The van der Waals surface area contributed by atoms with E-state index in [1.165, 1.54) is 12.1 Å². The highest BCUT2D eigenvalue weighted by molar-refractivity contribution is 5.95. The lowest BCUT2D eigenvalue weighted by atomic mass is 9.84. The molecule has 1 aromatic rings. The van der Waals surface area contributed by atoms with Crippen LogP contribution in [0.1, 0.15) is 56.0 Å². The Labute approximate surface area is 150 Å². The molecule has 0 saturated carbocycles. The van der Waals surface area contributed by atoms with Gasteiger partial charge >= 0.3 is 6.18 Å². The minimum absolute atomic E-state index is 0.0902. The summed E-state index contributed by atoms with van der Waals surface area (Å²) < 4.78 is 41.3. The van der Waals surface area contributed by atoms with Crippen molar-refractivity contribution in [1.82, 2.24) is 10.4 Å². The van der Waals surface area contributed by atoms with E-state index >= 15 is 0 Å². The molecular formula is C19H23F3N2O2. The summed E-state index contributed by atoms with van der Waals surface area (Å²) in [5.41, 5.74) is 0.432. The van der Waals surface area contributed by atoms with Gasteiger partial charge in [0.1, 0.15) is 0 Å². The summed E-state index contributed by atoms with van der Waals surface area (Å²) in [5.74, 6) is -2.09. The summed E-state index contributed by atoms with van der Waals surface area (Å²) in [6, 6.07) is 6.44. The van der Waals surface area contributed by atoms with Crippen LogP contribution < -0.4 is 5.43 Å². The number of alkyl halides is 3. The number of hydrogen-bond donors (Lipinski definition) is 2. The molecule has 1 aliphatic carbocycles. The fraction of sp³-hybridized carbons (Fsp3) is 0.526. The maximum absolute atomic E-state index is 13.8. The Morgan fingerprint density at radius 2 is 1.85 bits per heavy atom. The molecule has 1 aromatic carbocycles. The lowest BCUT2D eigenvalue weighted by Crippen LogP contribution is -2.62. The van der Waals surface area contributed by atoms with Crippen LogP contribution in [-0.4, -0.2) is 27.9 Å². The second-order valence-corrected chi connectivity index (χ2v) is 7.95. The van der Waals surface area contributed by atoms with Gasteiger partial charge in [-0.15, -0.1) is 0 Å². The molecule has 1 aliphatic heterocycles. The minimum atomic E-state index is -4.97. The first-order valence-electron chi connectivity index (χ1n) is 8.67. The fourth-order valence-electron chi connectivity index (χ4n) is 3.56. The van der Waals surface area contributed by atoms with E-state index in [1.54, 1.807) is 18.2 Å². The molecule has 1 heterocycles. The molecule has 0 aromatic heterocycles. The van der Waals surface area contributed by atoms with Gasteiger partial charge in [0.05, 0.1) is 5.92 Å². The van der Waals surface area contributed by atoms with E-state index in [9.17, 15) is 23.1 Å². The summed E-state index contributed by atoms with van der Waals surface area (Å²) in [6.45, 7) is 6.02. The van der Waals surface area contributed by atoms with Crippen LogP contribution in [0.3, 0.4) is 0 Å². The van der Waals surface area contributed by atoms with E-state index in [-0.39, 0.29) is 23.1 Å². The van der Waals surface area contributed by atoms with Crippen LogP contribution in [-0.2, 0) is 5.41 Å². The number of allylic oxidation sites excluding steroid dienone is 1. The van der Waals surface area contributed by atoms with Gasteiger partial charge in [-0.2, -0.15) is 13.2 Å². The number of nitrogens with zero attached hydrogens (tertiary/aromatic N) is 1. The second kappa shape index (κ2) is 6.01. The Hall–Kier alpha value is -2.02. The first kappa shape index (κ1) is 18.8. The standard InChI is InChI=1S/C19H23F3N2O2/c1-17(2,3)13-10-8-12(9-11-13)16(25)24-18(26,19(20,21)22)14-6-4-5-7-15(14)23-24/h7-11,14,23,26H,4-6H2,1-3H3/t14-,18-/m0/s1. The average Bonchev–Trinajstić information content (AvgIpc) is 2.88. The molecule has 0 bridgehead atoms. The molecule has 1 fully saturated rings. The summed E-state index contributed by atoms with van der Waals surface area (Å²) in [7, 11) is 0. The molecule has 1 amide bonds. The van der Waals surface area contributed by atoms with Crippen LogP contribution in [0.25, 0.3) is 0 Å². The van der Waals surface area contributed by atoms with Crippen molar-refractivity contribution in [1.29, 1.82) is 0 Å². The van der Waals surface area contributed by atoms with Gasteiger partial charge in [0.15, 0.2) is 0 Å². The number of carbonyl (C=O) groups excluding carboxylic acids is 1. The average molecular weight is 368 g/mol.